The van der Waals surface area contributed by atoms with Crippen molar-refractivity contribution in [3.8, 4) is 44.8 Å². The molecule has 8 aromatic carbocycles. The summed E-state index contributed by atoms with van der Waals surface area (Å²) in [6.45, 7) is 4.73. The molecule has 0 radical (unpaired) electrons. The topological polar surface area (TPSA) is 9.86 Å². The van der Waals surface area contributed by atoms with Crippen LogP contribution in [0.2, 0.25) is 0 Å². The largest absolute Gasteiger partial charge is 0.309 e. The van der Waals surface area contributed by atoms with E-state index in [1.807, 2.05) is 0 Å². The van der Waals surface area contributed by atoms with E-state index in [0.29, 0.717) is 0 Å². The van der Waals surface area contributed by atoms with Crippen LogP contribution in [0.4, 0.5) is 0 Å². The van der Waals surface area contributed by atoms with Gasteiger partial charge >= 0.3 is 0 Å². The third kappa shape index (κ3) is 4.27. The average Bonchev–Trinajstić information content (AvgIpc) is 3.82. The summed E-state index contributed by atoms with van der Waals surface area (Å²) < 4.78 is 5.02. The van der Waals surface area contributed by atoms with Crippen molar-refractivity contribution in [3.63, 3.8) is 0 Å². The molecule has 0 saturated carbocycles. The Morgan fingerprint density at radius 3 is 1.81 bits per heavy atom. The van der Waals surface area contributed by atoms with Gasteiger partial charge in [0.05, 0.1) is 27.8 Å². The van der Waals surface area contributed by atoms with Gasteiger partial charge in [-0.25, -0.2) is 0 Å². The SMILES string of the molecule is CC1(C)c2ccccc2-c2c(-n3c4ccccc4c4ccc5c(c6ccccc6n5-c5cccc(-c6ccc(-c7ccccc7)cc6)c5)c43)cccc21. The van der Waals surface area contributed by atoms with Gasteiger partial charge in [0.2, 0.25) is 0 Å². The zero-order chi connectivity index (χ0) is 35.3. The van der Waals surface area contributed by atoms with E-state index in [0.717, 1.165) is 5.69 Å². The van der Waals surface area contributed by atoms with Crippen molar-refractivity contribution in [1.29, 1.82) is 0 Å². The molecule has 2 nitrogen and oxygen atoms in total. The van der Waals surface area contributed by atoms with Crippen molar-refractivity contribution in [2.45, 2.75) is 19.3 Å². The highest BCUT2D eigenvalue weighted by molar-refractivity contribution is 6.26. The minimum Gasteiger partial charge on any atom is -0.309 e. The molecule has 0 saturated heterocycles. The molecule has 0 bridgehead atoms. The second kappa shape index (κ2) is 11.2. The Bertz CT molecular complexity index is 3060. The van der Waals surface area contributed by atoms with Crippen LogP contribution in [-0.2, 0) is 5.41 Å². The Morgan fingerprint density at radius 1 is 0.396 bits per heavy atom. The molecule has 0 fully saturated rings. The number of fused-ring (bicyclic) bond motifs is 10. The van der Waals surface area contributed by atoms with Crippen molar-refractivity contribution < 1.29 is 0 Å². The summed E-state index contributed by atoms with van der Waals surface area (Å²) in [4.78, 5) is 0. The minimum atomic E-state index is -0.0844. The normalized spacial score (nSPS) is 13.2. The third-order valence-electron chi connectivity index (χ3n) is 11.7. The van der Waals surface area contributed by atoms with Crippen LogP contribution >= 0.6 is 0 Å². The fraction of sp³-hybridized carbons (Fsp3) is 0.0588. The summed E-state index contributed by atoms with van der Waals surface area (Å²) in [5.74, 6) is 0. The summed E-state index contributed by atoms with van der Waals surface area (Å²) in [6.07, 6.45) is 0. The van der Waals surface area contributed by atoms with E-state index in [-0.39, 0.29) is 5.41 Å². The van der Waals surface area contributed by atoms with Crippen LogP contribution in [0.3, 0.4) is 0 Å². The van der Waals surface area contributed by atoms with E-state index in [1.54, 1.807) is 0 Å². The fourth-order valence-electron chi connectivity index (χ4n) is 9.27. The summed E-state index contributed by atoms with van der Waals surface area (Å²) in [5.41, 5.74) is 17.5. The maximum Gasteiger partial charge on any atom is 0.0641 e. The van der Waals surface area contributed by atoms with E-state index in [4.69, 9.17) is 0 Å². The van der Waals surface area contributed by atoms with Gasteiger partial charge in [-0.3, -0.25) is 0 Å². The zero-order valence-corrected chi connectivity index (χ0v) is 29.7. The minimum absolute atomic E-state index is 0.0844. The Hall–Kier alpha value is -6.64. The molecular weight excluding hydrogens is 641 g/mol. The molecule has 2 heterocycles. The number of benzene rings is 8. The molecule has 11 rings (SSSR count). The molecule has 0 atom stereocenters. The van der Waals surface area contributed by atoms with Crippen LogP contribution < -0.4 is 0 Å². The van der Waals surface area contributed by atoms with Gasteiger partial charge in [-0.2, -0.15) is 0 Å². The lowest BCUT2D eigenvalue weighted by molar-refractivity contribution is 0.660. The Kier molecular flexibility index (Phi) is 6.33. The second-order valence-corrected chi connectivity index (χ2v) is 14.9. The van der Waals surface area contributed by atoms with Crippen LogP contribution in [0.15, 0.2) is 182 Å². The summed E-state index contributed by atoms with van der Waals surface area (Å²) in [6, 6.07) is 67.0. The van der Waals surface area contributed by atoms with Crippen LogP contribution in [0.5, 0.6) is 0 Å². The van der Waals surface area contributed by atoms with E-state index in [9.17, 15) is 0 Å². The maximum absolute atomic E-state index is 2.56. The van der Waals surface area contributed by atoms with E-state index in [2.05, 4.69) is 205 Å². The first-order valence-electron chi connectivity index (χ1n) is 18.5. The van der Waals surface area contributed by atoms with Gasteiger partial charge in [0.25, 0.3) is 0 Å². The molecule has 1 aliphatic rings. The van der Waals surface area contributed by atoms with Gasteiger partial charge in [-0.15, -0.1) is 0 Å². The van der Waals surface area contributed by atoms with Crippen molar-refractivity contribution in [1.82, 2.24) is 9.13 Å². The highest BCUT2D eigenvalue weighted by Gasteiger charge is 2.37. The molecular formula is C51H36N2. The molecule has 53 heavy (non-hydrogen) atoms. The van der Waals surface area contributed by atoms with Gasteiger partial charge in [-0.1, -0.05) is 159 Å². The number of rotatable bonds is 4. The van der Waals surface area contributed by atoms with Gasteiger partial charge in [0.15, 0.2) is 0 Å². The van der Waals surface area contributed by atoms with Crippen molar-refractivity contribution in [3.05, 3.63) is 193 Å². The lowest BCUT2D eigenvalue weighted by Crippen LogP contribution is -2.15. The summed E-state index contributed by atoms with van der Waals surface area (Å²) >= 11 is 0. The highest BCUT2D eigenvalue weighted by Crippen LogP contribution is 2.52. The molecule has 2 aromatic heterocycles. The monoisotopic (exact) mass is 676 g/mol. The molecule has 1 aliphatic carbocycles. The number of aromatic nitrogens is 2. The predicted molar refractivity (Wildman–Crippen MR) is 224 cm³/mol. The predicted octanol–water partition coefficient (Wildman–Crippen LogP) is 13.5. The lowest BCUT2D eigenvalue weighted by atomic mass is 9.82. The molecule has 0 amide bonds. The quantitative estimate of drug-likeness (QED) is 0.176. The Balaban J connectivity index is 1.18. The van der Waals surface area contributed by atoms with Crippen LogP contribution in [0, 0.1) is 0 Å². The van der Waals surface area contributed by atoms with E-state index in [1.165, 1.54) is 93.8 Å². The molecule has 0 N–H and O–H groups in total. The molecule has 0 aliphatic heterocycles. The standard InChI is InChI=1S/C51H36N2/c1-51(2)42-21-9-6-19-40(42)48-43(51)22-13-25-46(48)53-44-23-10-7-18-38(44)39-30-31-47-49(50(39)53)41-20-8-11-24-45(41)52(47)37-17-12-16-36(32-37)35-28-26-34(27-29-35)33-14-4-3-5-15-33/h3-32H,1-2H3. The van der Waals surface area contributed by atoms with Crippen LogP contribution in [0.25, 0.3) is 88.4 Å². The highest BCUT2D eigenvalue weighted by atomic mass is 15.0. The average molecular weight is 677 g/mol. The Labute approximate surface area is 308 Å². The maximum atomic E-state index is 2.56. The molecule has 250 valence electrons. The van der Waals surface area contributed by atoms with Gasteiger partial charge in [0.1, 0.15) is 0 Å². The second-order valence-electron chi connectivity index (χ2n) is 14.9. The number of hydrogen-bond acceptors (Lipinski definition) is 0. The smallest absolute Gasteiger partial charge is 0.0641 e. The number of hydrogen-bond donors (Lipinski definition) is 0. The van der Waals surface area contributed by atoms with Gasteiger partial charge in [0, 0.05) is 38.2 Å². The first kappa shape index (κ1) is 30.0. The van der Waals surface area contributed by atoms with Crippen molar-refractivity contribution in [2.75, 3.05) is 0 Å². The number of nitrogens with zero attached hydrogens (tertiary/aromatic N) is 2. The lowest BCUT2D eigenvalue weighted by Gasteiger charge is -2.22. The molecule has 0 spiro atoms. The van der Waals surface area contributed by atoms with E-state index >= 15 is 0 Å². The first-order chi connectivity index (χ1) is 26.1. The first-order valence-corrected chi connectivity index (χ1v) is 18.5. The summed E-state index contributed by atoms with van der Waals surface area (Å²) in [7, 11) is 0. The van der Waals surface area contributed by atoms with Crippen molar-refractivity contribution in [2.24, 2.45) is 0 Å². The number of para-hydroxylation sites is 2. The molecule has 2 heteroatoms. The Morgan fingerprint density at radius 2 is 1.00 bits per heavy atom. The van der Waals surface area contributed by atoms with Gasteiger partial charge in [-0.05, 0) is 75.3 Å². The van der Waals surface area contributed by atoms with Gasteiger partial charge < -0.3 is 9.13 Å². The third-order valence-corrected chi connectivity index (χ3v) is 11.7. The molecule has 10 aromatic rings. The van der Waals surface area contributed by atoms with Crippen LogP contribution in [0.1, 0.15) is 25.0 Å². The van der Waals surface area contributed by atoms with E-state index < -0.39 is 0 Å². The van der Waals surface area contributed by atoms with Crippen LogP contribution in [-0.4, -0.2) is 9.13 Å². The zero-order valence-electron chi connectivity index (χ0n) is 29.7. The van der Waals surface area contributed by atoms with Crippen molar-refractivity contribution >= 4 is 43.6 Å². The summed E-state index contributed by atoms with van der Waals surface area (Å²) in [5, 5.41) is 5.06. The molecule has 0 unspecified atom stereocenters. The fourth-order valence-corrected chi connectivity index (χ4v) is 9.27.